The molecule has 0 aromatic carbocycles. The number of aliphatic hydroxyl groups is 1. The third kappa shape index (κ3) is 10.6. The van der Waals surface area contributed by atoms with Crippen LogP contribution < -0.4 is 0 Å². The van der Waals surface area contributed by atoms with Crippen molar-refractivity contribution in [3.63, 3.8) is 0 Å². The lowest BCUT2D eigenvalue weighted by Gasteiger charge is -2.09. The van der Waals surface area contributed by atoms with Gasteiger partial charge in [0.25, 0.3) is 0 Å². The zero-order chi connectivity index (χ0) is 20.1. The van der Waals surface area contributed by atoms with E-state index >= 15 is 0 Å². The lowest BCUT2D eigenvalue weighted by Crippen LogP contribution is -2.21. The van der Waals surface area contributed by atoms with E-state index in [1.165, 1.54) is 18.2 Å². The number of hydrogen-bond donors (Lipinski definition) is 1. The largest absolute Gasteiger partial charge is 0.472 e. The molecule has 1 N–H and O–H groups in total. The van der Waals surface area contributed by atoms with Crippen molar-refractivity contribution >= 4 is 5.97 Å². The maximum atomic E-state index is 11.2. The van der Waals surface area contributed by atoms with Gasteiger partial charge in [0.15, 0.2) is 6.10 Å². The van der Waals surface area contributed by atoms with Crippen molar-refractivity contribution in [3.05, 3.63) is 59.6 Å². The fourth-order valence-corrected chi connectivity index (χ4v) is 2.80. The number of aryl methyl sites for hydroxylation is 1. The fourth-order valence-electron chi connectivity index (χ4n) is 2.80. The Morgan fingerprint density at radius 1 is 1.33 bits per heavy atom. The second-order valence-electron chi connectivity index (χ2n) is 7.23. The molecule has 1 aromatic heterocycles. The van der Waals surface area contributed by atoms with Gasteiger partial charge in [0, 0.05) is 6.42 Å². The molecule has 4 nitrogen and oxygen atoms in total. The van der Waals surface area contributed by atoms with Crippen LogP contribution in [0.25, 0.3) is 0 Å². The van der Waals surface area contributed by atoms with E-state index < -0.39 is 12.1 Å². The lowest BCUT2D eigenvalue weighted by molar-refractivity contribution is -0.150. The Balaban J connectivity index is 2.24. The van der Waals surface area contributed by atoms with Crippen LogP contribution in [-0.4, -0.2) is 24.3 Å². The van der Waals surface area contributed by atoms with Gasteiger partial charge in [0.1, 0.15) is 0 Å². The first-order valence-electron chi connectivity index (χ1n) is 9.69. The van der Waals surface area contributed by atoms with E-state index in [-0.39, 0.29) is 0 Å². The lowest BCUT2D eigenvalue weighted by atomic mass is 10.0. The Labute approximate surface area is 163 Å². The number of ether oxygens (including phenoxy) is 1. The number of allylic oxidation sites excluding steroid dienone is 5. The molecule has 150 valence electrons. The van der Waals surface area contributed by atoms with Crippen LogP contribution in [0.15, 0.2) is 58.5 Å². The molecule has 0 radical (unpaired) electrons. The van der Waals surface area contributed by atoms with E-state index in [0.717, 1.165) is 37.7 Å². The number of furan rings is 1. The van der Waals surface area contributed by atoms with Gasteiger partial charge in [-0.05, 0) is 63.5 Å². The first-order chi connectivity index (χ1) is 12.9. The van der Waals surface area contributed by atoms with E-state index in [9.17, 15) is 9.90 Å². The maximum absolute atomic E-state index is 11.2. The highest BCUT2D eigenvalue weighted by Gasteiger charge is 2.15. The van der Waals surface area contributed by atoms with Gasteiger partial charge >= 0.3 is 5.97 Å². The highest BCUT2D eigenvalue weighted by molar-refractivity contribution is 5.74. The molecule has 2 atom stereocenters. The fraction of sp³-hybridized carbons (Fsp3) is 0.522. The van der Waals surface area contributed by atoms with Gasteiger partial charge < -0.3 is 14.3 Å². The Morgan fingerprint density at radius 2 is 2.11 bits per heavy atom. The van der Waals surface area contributed by atoms with Crippen LogP contribution >= 0.6 is 0 Å². The number of esters is 1. The van der Waals surface area contributed by atoms with Crippen molar-refractivity contribution in [1.29, 1.82) is 0 Å². The number of rotatable bonds is 12. The van der Waals surface area contributed by atoms with Gasteiger partial charge in [-0.3, -0.25) is 0 Å². The molecule has 0 fully saturated rings. The number of hydrogen-bond acceptors (Lipinski definition) is 4. The summed E-state index contributed by atoms with van der Waals surface area (Å²) >= 11 is 0. The molecular formula is C23H34O4. The summed E-state index contributed by atoms with van der Waals surface area (Å²) in [5.41, 5.74) is 3.65. The summed E-state index contributed by atoms with van der Waals surface area (Å²) in [6.45, 7) is 6.30. The summed E-state index contributed by atoms with van der Waals surface area (Å²) in [5, 5.41) is 9.64. The Morgan fingerprint density at radius 3 is 2.78 bits per heavy atom. The standard InChI is InChI=1S/C23H34O4/c1-18(10-6-12-20(3)16-22(24)23(25)26-4)8-5-9-19(2)11-7-13-21-14-15-27-17-21/h5,8-9,12,14-15,17-18,22,24H,6-7,10-11,13,16H2,1-4H3/b8-5+,19-9+,20-12-. The van der Waals surface area contributed by atoms with Gasteiger partial charge in [-0.1, -0.05) is 42.4 Å². The topological polar surface area (TPSA) is 59.7 Å². The van der Waals surface area contributed by atoms with Crippen molar-refractivity contribution < 1.29 is 19.1 Å². The highest BCUT2D eigenvalue weighted by atomic mass is 16.5. The van der Waals surface area contributed by atoms with E-state index in [2.05, 4.69) is 42.9 Å². The molecule has 27 heavy (non-hydrogen) atoms. The molecule has 0 aliphatic heterocycles. The van der Waals surface area contributed by atoms with Gasteiger partial charge in [-0.25, -0.2) is 4.79 Å². The number of carbonyl (C=O) groups is 1. The van der Waals surface area contributed by atoms with E-state index in [0.29, 0.717) is 12.3 Å². The Hall–Kier alpha value is -2.07. The monoisotopic (exact) mass is 374 g/mol. The normalized spacial score (nSPS) is 15.1. The van der Waals surface area contributed by atoms with Crippen molar-refractivity contribution in [1.82, 2.24) is 0 Å². The Kier molecular flexibility index (Phi) is 11.2. The van der Waals surface area contributed by atoms with Crippen LogP contribution in [0.1, 0.15) is 58.4 Å². The summed E-state index contributed by atoms with van der Waals surface area (Å²) in [4.78, 5) is 11.2. The molecule has 1 aromatic rings. The Bertz CT molecular complexity index is 623. The van der Waals surface area contributed by atoms with Crippen molar-refractivity contribution in [2.24, 2.45) is 5.92 Å². The predicted molar refractivity (Wildman–Crippen MR) is 109 cm³/mol. The average Bonchev–Trinajstić information content (AvgIpc) is 3.14. The molecule has 4 heteroatoms. The van der Waals surface area contributed by atoms with Crippen LogP contribution in [0.5, 0.6) is 0 Å². The number of methoxy groups -OCH3 is 1. The summed E-state index contributed by atoms with van der Waals surface area (Å²) in [5.74, 6) is -0.0967. The maximum Gasteiger partial charge on any atom is 0.335 e. The summed E-state index contributed by atoms with van der Waals surface area (Å²) in [6, 6.07) is 2.02. The second-order valence-corrected chi connectivity index (χ2v) is 7.23. The minimum absolute atomic E-state index is 0.331. The first kappa shape index (κ1) is 23.0. The molecule has 0 spiro atoms. The molecule has 1 rings (SSSR count). The molecule has 2 unspecified atom stereocenters. The first-order valence-corrected chi connectivity index (χ1v) is 9.69. The van der Waals surface area contributed by atoms with Gasteiger partial charge in [-0.15, -0.1) is 0 Å². The average molecular weight is 375 g/mol. The predicted octanol–water partition coefficient (Wildman–Crippen LogP) is 5.39. The number of carbonyl (C=O) groups excluding carboxylic acids is 1. The molecule has 0 bridgehead atoms. The third-order valence-electron chi connectivity index (χ3n) is 4.54. The van der Waals surface area contributed by atoms with E-state index in [1.54, 1.807) is 6.26 Å². The van der Waals surface area contributed by atoms with Crippen LogP contribution in [0.2, 0.25) is 0 Å². The zero-order valence-electron chi connectivity index (χ0n) is 17.1. The van der Waals surface area contributed by atoms with Crippen LogP contribution in [0, 0.1) is 5.92 Å². The number of aliphatic hydroxyl groups excluding tert-OH is 1. The van der Waals surface area contributed by atoms with Gasteiger partial charge in [0.05, 0.1) is 19.6 Å². The van der Waals surface area contributed by atoms with E-state index in [1.807, 2.05) is 19.3 Å². The summed E-state index contributed by atoms with van der Waals surface area (Å²) in [6.07, 6.45) is 16.7. The minimum Gasteiger partial charge on any atom is -0.472 e. The molecule has 0 aliphatic carbocycles. The summed E-state index contributed by atoms with van der Waals surface area (Å²) in [7, 11) is 1.29. The van der Waals surface area contributed by atoms with Crippen molar-refractivity contribution in [2.75, 3.05) is 7.11 Å². The van der Waals surface area contributed by atoms with Crippen LogP contribution in [0.4, 0.5) is 0 Å². The second kappa shape index (κ2) is 13.2. The smallest absolute Gasteiger partial charge is 0.335 e. The highest BCUT2D eigenvalue weighted by Crippen LogP contribution is 2.14. The van der Waals surface area contributed by atoms with Gasteiger partial charge in [0.2, 0.25) is 0 Å². The third-order valence-corrected chi connectivity index (χ3v) is 4.54. The van der Waals surface area contributed by atoms with Crippen LogP contribution in [-0.2, 0) is 16.0 Å². The van der Waals surface area contributed by atoms with Crippen molar-refractivity contribution in [3.8, 4) is 0 Å². The van der Waals surface area contributed by atoms with E-state index in [4.69, 9.17) is 4.42 Å². The minimum atomic E-state index is -1.06. The van der Waals surface area contributed by atoms with Crippen LogP contribution in [0.3, 0.4) is 0 Å². The zero-order valence-corrected chi connectivity index (χ0v) is 17.1. The summed E-state index contributed by atoms with van der Waals surface area (Å²) < 4.78 is 9.61. The van der Waals surface area contributed by atoms with Gasteiger partial charge in [-0.2, -0.15) is 0 Å². The SMILES string of the molecule is COC(=O)C(O)C/C(C)=C\CCC(C)/C=C/C=C(\C)CCCc1ccoc1. The molecule has 0 saturated heterocycles. The molecule has 1 heterocycles. The quantitative estimate of drug-likeness (QED) is 0.303. The molecular weight excluding hydrogens is 340 g/mol. The molecule has 0 amide bonds. The molecule has 0 aliphatic rings. The molecule has 0 saturated carbocycles. The van der Waals surface area contributed by atoms with Crippen molar-refractivity contribution in [2.45, 2.75) is 65.4 Å².